The van der Waals surface area contributed by atoms with Crippen molar-refractivity contribution >= 4 is 18.1 Å². The van der Waals surface area contributed by atoms with Crippen molar-refractivity contribution < 1.29 is 8.62 Å². The molecule has 4 nitrogen and oxygen atoms in total. The highest BCUT2D eigenvalue weighted by Crippen LogP contribution is 2.14. The number of nitrogens with two attached hydrogens (primary N) is 2. The van der Waals surface area contributed by atoms with Gasteiger partial charge in [-0.05, 0) is 24.1 Å². The summed E-state index contributed by atoms with van der Waals surface area (Å²) in [7, 11) is 0. The van der Waals surface area contributed by atoms with Gasteiger partial charge >= 0.3 is 0 Å². The minimum Gasteiger partial charge on any atom is -0.493 e. The minimum atomic E-state index is 0.0948. The van der Waals surface area contributed by atoms with Gasteiger partial charge in [0.05, 0.1) is 12.4 Å². The molecular weight excluding hydrogens is 241 g/mol. The average Bonchev–Trinajstić information content (AvgIpc) is 2.29. The van der Waals surface area contributed by atoms with Crippen molar-refractivity contribution in [2.75, 3.05) is 18.9 Å². The van der Waals surface area contributed by atoms with Crippen molar-refractivity contribution in [3.63, 3.8) is 0 Å². The highest BCUT2D eigenvalue weighted by molar-refractivity contribution is 7.94. The van der Waals surface area contributed by atoms with E-state index in [1.54, 1.807) is 0 Å². The largest absolute Gasteiger partial charge is 0.493 e. The van der Waals surface area contributed by atoms with E-state index >= 15 is 0 Å². The fourth-order valence-corrected chi connectivity index (χ4v) is 1.44. The van der Waals surface area contributed by atoms with Crippen molar-refractivity contribution in [2.24, 2.45) is 16.5 Å². The number of benzene rings is 1. The third-order valence-electron chi connectivity index (χ3n) is 2.02. The summed E-state index contributed by atoms with van der Waals surface area (Å²) < 4.78 is 17.2. The number of aliphatic imine (C=N–C) groups is 1. The monoisotopic (exact) mass is 257 g/mol. The molecule has 4 N–H and O–H groups in total. The van der Waals surface area contributed by atoms with E-state index in [-0.39, 0.29) is 18.1 Å². The van der Waals surface area contributed by atoms with E-state index < -0.39 is 0 Å². The van der Waals surface area contributed by atoms with Crippen LogP contribution in [0.25, 0.3) is 0 Å². The van der Waals surface area contributed by atoms with Crippen LogP contribution in [0.3, 0.4) is 0 Å². The third kappa shape index (κ3) is 6.01. The molecule has 1 aromatic rings. The molecule has 0 amide bonds. The quantitative estimate of drug-likeness (QED) is 0.441. The van der Waals surface area contributed by atoms with Crippen molar-refractivity contribution in [2.45, 2.75) is 6.42 Å². The molecule has 0 aliphatic carbocycles. The molecule has 0 radical (unpaired) electrons. The topological polar surface area (TPSA) is 73.6 Å². The molecule has 94 valence electrons. The van der Waals surface area contributed by atoms with Gasteiger partial charge in [-0.3, -0.25) is 4.99 Å². The number of hydrogen-bond acceptors (Lipinski definition) is 3. The average molecular weight is 257 g/mol. The van der Waals surface area contributed by atoms with Crippen LogP contribution in [0.5, 0.6) is 5.75 Å². The molecule has 0 unspecified atom stereocenters. The number of rotatable bonds is 7. The highest BCUT2D eigenvalue weighted by Gasteiger charge is 1.97. The van der Waals surface area contributed by atoms with Gasteiger partial charge in [-0.2, -0.15) is 3.89 Å². The smallest absolute Gasteiger partial charge is 0.185 e. The van der Waals surface area contributed by atoms with Crippen LogP contribution < -0.4 is 16.2 Å². The van der Waals surface area contributed by atoms with Crippen molar-refractivity contribution in [1.82, 2.24) is 0 Å². The predicted molar refractivity (Wildman–Crippen MR) is 69.9 cm³/mol. The van der Waals surface area contributed by atoms with Gasteiger partial charge in [-0.1, -0.05) is 12.1 Å². The number of hydrogen-bond donors (Lipinski definition) is 2. The summed E-state index contributed by atoms with van der Waals surface area (Å²) in [5.41, 5.74) is 11.5. The molecular formula is C11H16FN3OS. The number of guanidine groups is 1. The lowest BCUT2D eigenvalue weighted by Gasteiger charge is -2.06. The SMILES string of the molecule is NC(N)=NCCc1cccc(OCCSF)c1. The van der Waals surface area contributed by atoms with Crippen molar-refractivity contribution in [1.29, 1.82) is 0 Å². The molecule has 0 fully saturated rings. The van der Waals surface area contributed by atoms with E-state index in [9.17, 15) is 3.89 Å². The Morgan fingerprint density at radius 2 is 2.24 bits per heavy atom. The summed E-state index contributed by atoms with van der Waals surface area (Å²) in [4.78, 5) is 3.90. The summed E-state index contributed by atoms with van der Waals surface area (Å²) in [6.07, 6.45) is 0.743. The zero-order valence-electron chi connectivity index (χ0n) is 9.43. The Morgan fingerprint density at radius 3 is 2.94 bits per heavy atom. The number of ether oxygens (including phenoxy) is 1. The van der Waals surface area contributed by atoms with Crippen LogP contribution in [0.2, 0.25) is 0 Å². The second-order valence-corrected chi connectivity index (χ2v) is 3.99. The Hall–Kier alpha value is -1.43. The van der Waals surface area contributed by atoms with E-state index in [2.05, 4.69) is 4.99 Å². The second kappa shape index (κ2) is 7.78. The van der Waals surface area contributed by atoms with Gasteiger partial charge in [0, 0.05) is 18.7 Å². The maximum Gasteiger partial charge on any atom is 0.185 e. The van der Waals surface area contributed by atoms with E-state index in [0.29, 0.717) is 18.9 Å². The zero-order valence-corrected chi connectivity index (χ0v) is 10.3. The molecule has 0 atom stereocenters. The number of nitrogens with zero attached hydrogens (tertiary/aromatic N) is 1. The molecule has 0 bridgehead atoms. The Labute approximate surface area is 105 Å². The number of halogens is 1. The molecule has 0 aliphatic rings. The van der Waals surface area contributed by atoms with Crippen LogP contribution in [0.15, 0.2) is 29.3 Å². The van der Waals surface area contributed by atoms with Gasteiger partial charge in [0.2, 0.25) is 0 Å². The van der Waals surface area contributed by atoms with E-state index in [0.717, 1.165) is 17.7 Å². The van der Waals surface area contributed by atoms with Crippen LogP contribution in [-0.2, 0) is 6.42 Å². The van der Waals surface area contributed by atoms with Crippen LogP contribution in [0.1, 0.15) is 5.56 Å². The van der Waals surface area contributed by atoms with Gasteiger partial charge in [-0.15, -0.1) is 0 Å². The summed E-state index contributed by atoms with van der Waals surface area (Å²) in [5, 5.41) is 0. The van der Waals surface area contributed by atoms with Crippen molar-refractivity contribution in [3.05, 3.63) is 29.8 Å². The van der Waals surface area contributed by atoms with E-state index in [1.165, 1.54) is 0 Å². The molecule has 0 spiro atoms. The normalized spacial score (nSPS) is 9.94. The fraction of sp³-hybridized carbons (Fsp3) is 0.364. The maximum absolute atomic E-state index is 11.8. The fourth-order valence-electron chi connectivity index (χ4n) is 1.30. The Balaban J connectivity index is 2.45. The van der Waals surface area contributed by atoms with Crippen LogP contribution >= 0.6 is 12.1 Å². The van der Waals surface area contributed by atoms with Gasteiger partial charge in [0.25, 0.3) is 0 Å². The lowest BCUT2D eigenvalue weighted by atomic mass is 10.1. The minimum absolute atomic E-state index is 0.0948. The van der Waals surface area contributed by atoms with E-state index in [4.69, 9.17) is 16.2 Å². The Kier molecular flexibility index (Phi) is 6.24. The highest BCUT2D eigenvalue weighted by atomic mass is 32.2. The molecule has 0 saturated carbocycles. The van der Waals surface area contributed by atoms with Gasteiger partial charge < -0.3 is 16.2 Å². The van der Waals surface area contributed by atoms with Gasteiger partial charge in [-0.25, -0.2) is 0 Å². The van der Waals surface area contributed by atoms with Crippen LogP contribution in [-0.4, -0.2) is 24.9 Å². The maximum atomic E-state index is 11.8. The first-order valence-electron chi connectivity index (χ1n) is 5.23. The van der Waals surface area contributed by atoms with E-state index in [1.807, 2.05) is 24.3 Å². The molecule has 6 heteroatoms. The summed E-state index contributed by atoms with van der Waals surface area (Å²) >= 11 is 0.272. The third-order valence-corrected chi connectivity index (χ3v) is 2.34. The summed E-state index contributed by atoms with van der Waals surface area (Å²) in [6, 6.07) is 7.61. The van der Waals surface area contributed by atoms with Crippen LogP contribution in [0.4, 0.5) is 3.89 Å². The van der Waals surface area contributed by atoms with Crippen molar-refractivity contribution in [3.8, 4) is 5.75 Å². The first kappa shape index (κ1) is 13.6. The molecule has 0 aromatic heterocycles. The lowest BCUT2D eigenvalue weighted by Crippen LogP contribution is -2.23. The first-order valence-corrected chi connectivity index (χ1v) is 6.11. The first-order chi connectivity index (χ1) is 8.22. The Morgan fingerprint density at radius 1 is 1.41 bits per heavy atom. The molecule has 0 saturated heterocycles. The summed E-state index contributed by atoms with van der Waals surface area (Å²) in [6.45, 7) is 0.907. The standard InChI is InChI=1S/C11H16FN3OS/c12-17-7-6-16-10-3-1-2-9(8-10)4-5-15-11(13)14/h1-3,8H,4-7H2,(H4,13,14,15). The van der Waals surface area contributed by atoms with Gasteiger partial charge in [0.1, 0.15) is 5.75 Å². The summed E-state index contributed by atoms with van der Waals surface area (Å²) in [5.74, 6) is 1.16. The lowest BCUT2D eigenvalue weighted by molar-refractivity contribution is 0.343. The molecule has 1 rings (SSSR count). The molecule has 0 aliphatic heterocycles. The molecule has 0 heterocycles. The van der Waals surface area contributed by atoms with Crippen LogP contribution in [0, 0.1) is 0 Å². The molecule has 1 aromatic carbocycles. The molecule has 17 heavy (non-hydrogen) atoms. The Bertz CT molecular complexity index is 369. The second-order valence-electron chi connectivity index (χ2n) is 3.37. The predicted octanol–water partition coefficient (Wildman–Crippen LogP) is 1.50. The van der Waals surface area contributed by atoms with Gasteiger partial charge in [0.15, 0.2) is 5.96 Å². The zero-order chi connectivity index (χ0) is 12.5.